The topological polar surface area (TPSA) is 70.2 Å². The molecule has 1 saturated heterocycles. The molecular formula is C22H32N6O. The van der Waals surface area contributed by atoms with Gasteiger partial charge in [0.05, 0.1) is 17.3 Å². The number of benzene rings is 1. The molecule has 1 fully saturated rings. The number of piperazine rings is 1. The van der Waals surface area contributed by atoms with Crippen LogP contribution in [0.1, 0.15) is 34.6 Å². The molecular weight excluding hydrogens is 364 g/mol. The molecule has 1 atom stereocenters. The molecule has 2 aromatic heterocycles. The van der Waals surface area contributed by atoms with Crippen molar-refractivity contribution in [1.82, 2.24) is 25.1 Å². The summed E-state index contributed by atoms with van der Waals surface area (Å²) in [5, 5.41) is 8.60. The van der Waals surface area contributed by atoms with Gasteiger partial charge in [-0.1, -0.05) is 13.8 Å². The summed E-state index contributed by atoms with van der Waals surface area (Å²) in [6.45, 7) is 13.2. The van der Waals surface area contributed by atoms with Crippen molar-refractivity contribution >= 4 is 16.7 Å². The van der Waals surface area contributed by atoms with Gasteiger partial charge >= 0.3 is 0 Å². The molecule has 1 N–H and O–H groups in total. The number of fused-ring (bicyclic) bond motifs is 1. The largest absolute Gasteiger partial charge is 0.491 e. The molecule has 0 bridgehead atoms. The highest BCUT2D eigenvalue weighted by Crippen LogP contribution is 2.30. The van der Waals surface area contributed by atoms with Gasteiger partial charge < -0.3 is 14.5 Å². The average molecular weight is 397 g/mol. The lowest BCUT2D eigenvalue weighted by Crippen LogP contribution is -2.50. The first kappa shape index (κ1) is 21.0. The van der Waals surface area contributed by atoms with Crippen LogP contribution in [0.25, 0.3) is 22.3 Å². The summed E-state index contributed by atoms with van der Waals surface area (Å²) in [7, 11) is 2.17. The second-order valence-electron chi connectivity index (χ2n) is 7.48. The molecule has 0 spiro atoms. The highest BCUT2D eigenvalue weighted by Gasteiger charge is 2.22. The van der Waals surface area contributed by atoms with Gasteiger partial charge in [0.15, 0.2) is 0 Å². The van der Waals surface area contributed by atoms with E-state index < -0.39 is 0 Å². The third-order valence-electron chi connectivity index (χ3n) is 5.09. The van der Waals surface area contributed by atoms with Gasteiger partial charge in [-0.2, -0.15) is 5.10 Å². The van der Waals surface area contributed by atoms with E-state index in [9.17, 15) is 0 Å². The van der Waals surface area contributed by atoms with Crippen LogP contribution in [0.4, 0.5) is 5.82 Å². The van der Waals surface area contributed by atoms with Crippen molar-refractivity contribution in [3.05, 3.63) is 30.6 Å². The maximum absolute atomic E-state index is 5.84. The molecule has 29 heavy (non-hydrogen) atoms. The summed E-state index contributed by atoms with van der Waals surface area (Å²) in [6, 6.07) is 8.51. The lowest BCUT2D eigenvalue weighted by molar-refractivity contribution is 0.233. The van der Waals surface area contributed by atoms with Crippen molar-refractivity contribution in [2.75, 3.05) is 31.6 Å². The van der Waals surface area contributed by atoms with Crippen molar-refractivity contribution < 1.29 is 4.74 Å². The van der Waals surface area contributed by atoms with E-state index in [0.717, 1.165) is 53.5 Å². The average Bonchev–Trinajstić information content (AvgIpc) is 3.14. The first-order valence-corrected chi connectivity index (χ1v) is 10.4. The monoisotopic (exact) mass is 396 g/mol. The van der Waals surface area contributed by atoms with Gasteiger partial charge in [-0.05, 0) is 46.0 Å². The fourth-order valence-corrected chi connectivity index (χ4v) is 3.44. The fraction of sp³-hybridized carbons (Fsp3) is 0.500. The minimum absolute atomic E-state index is 0.127. The summed E-state index contributed by atoms with van der Waals surface area (Å²) in [5.74, 6) is 1.79. The van der Waals surface area contributed by atoms with Crippen molar-refractivity contribution in [2.45, 2.75) is 46.8 Å². The molecule has 3 heterocycles. The smallest absolute Gasteiger partial charge is 0.132 e. The number of hydrogen-bond acceptors (Lipinski definition) is 6. The van der Waals surface area contributed by atoms with Crippen LogP contribution in [0.5, 0.6) is 5.75 Å². The molecule has 0 amide bonds. The quantitative estimate of drug-likeness (QED) is 0.719. The van der Waals surface area contributed by atoms with E-state index in [2.05, 4.69) is 43.9 Å². The molecule has 1 unspecified atom stereocenters. The second kappa shape index (κ2) is 9.22. The second-order valence-corrected chi connectivity index (χ2v) is 7.48. The van der Waals surface area contributed by atoms with E-state index in [1.54, 1.807) is 6.33 Å². The number of anilines is 1. The van der Waals surface area contributed by atoms with Gasteiger partial charge in [-0.25, -0.2) is 9.97 Å². The lowest BCUT2D eigenvalue weighted by atomic mass is 10.1. The van der Waals surface area contributed by atoms with Crippen LogP contribution in [0.3, 0.4) is 0 Å². The highest BCUT2D eigenvalue weighted by molar-refractivity contribution is 5.93. The summed E-state index contributed by atoms with van der Waals surface area (Å²) < 4.78 is 5.84. The Bertz CT molecular complexity index is 938. The number of likely N-dealkylation sites (N-methyl/N-ethyl adjacent to an activating group) is 1. The maximum atomic E-state index is 5.84. The van der Waals surface area contributed by atoms with Crippen LogP contribution in [-0.2, 0) is 0 Å². The summed E-state index contributed by atoms with van der Waals surface area (Å²) >= 11 is 0. The Balaban J connectivity index is 0.00000117. The Morgan fingerprint density at radius 3 is 2.66 bits per heavy atom. The van der Waals surface area contributed by atoms with Crippen LogP contribution >= 0.6 is 0 Å². The summed E-state index contributed by atoms with van der Waals surface area (Å²) in [6.07, 6.45) is 1.76. The molecule has 0 aliphatic carbocycles. The molecule has 1 aliphatic heterocycles. The van der Waals surface area contributed by atoms with Crippen molar-refractivity contribution in [3.8, 4) is 17.1 Å². The highest BCUT2D eigenvalue weighted by atomic mass is 16.5. The summed E-state index contributed by atoms with van der Waals surface area (Å²) in [5.41, 5.74) is 2.61. The molecule has 0 saturated carbocycles. The zero-order valence-electron chi connectivity index (χ0n) is 18.3. The zero-order valence-corrected chi connectivity index (χ0v) is 18.3. The maximum Gasteiger partial charge on any atom is 0.132 e. The van der Waals surface area contributed by atoms with Crippen LogP contribution in [0.2, 0.25) is 0 Å². The van der Waals surface area contributed by atoms with Crippen LogP contribution < -0.4 is 9.64 Å². The molecule has 1 aromatic carbocycles. The molecule has 156 valence electrons. The van der Waals surface area contributed by atoms with Crippen LogP contribution in [0, 0.1) is 0 Å². The van der Waals surface area contributed by atoms with E-state index >= 15 is 0 Å². The van der Waals surface area contributed by atoms with Gasteiger partial charge in [0.2, 0.25) is 0 Å². The van der Waals surface area contributed by atoms with E-state index in [1.165, 1.54) is 0 Å². The van der Waals surface area contributed by atoms with E-state index in [0.29, 0.717) is 6.04 Å². The Kier molecular flexibility index (Phi) is 6.69. The number of rotatable bonds is 4. The fourth-order valence-electron chi connectivity index (χ4n) is 3.44. The zero-order chi connectivity index (χ0) is 21.0. The van der Waals surface area contributed by atoms with Gasteiger partial charge in [-0.15, -0.1) is 0 Å². The number of ether oxygens (including phenoxy) is 1. The number of aromatic nitrogens is 4. The predicted octanol–water partition coefficient (Wildman–Crippen LogP) is 3.97. The molecule has 7 heteroatoms. The Morgan fingerprint density at radius 1 is 1.14 bits per heavy atom. The Morgan fingerprint density at radius 2 is 1.93 bits per heavy atom. The number of nitrogens with one attached hydrogen (secondary N) is 1. The van der Waals surface area contributed by atoms with Gasteiger partial charge in [0.25, 0.3) is 0 Å². The first-order chi connectivity index (χ1) is 14.0. The molecule has 3 aromatic rings. The van der Waals surface area contributed by atoms with E-state index in [1.807, 2.05) is 52.0 Å². The molecule has 7 nitrogen and oxygen atoms in total. The number of aromatic amines is 1. The third-order valence-corrected chi connectivity index (χ3v) is 5.09. The van der Waals surface area contributed by atoms with E-state index in [4.69, 9.17) is 4.74 Å². The Hall–Kier alpha value is -2.67. The lowest BCUT2D eigenvalue weighted by Gasteiger charge is -2.38. The van der Waals surface area contributed by atoms with E-state index in [-0.39, 0.29) is 6.10 Å². The van der Waals surface area contributed by atoms with Gasteiger partial charge in [0, 0.05) is 37.1 Å². The minimum Gasteiger partial charge on any atom is -0.491 e. The third kappa shape index (κ3) is 4.67. The number of nitrogens with zero attached hydrogens (tertiary/aromatic N) is 5. The van der Waals surface area contributed by atoms with Crippen molar-refractivity contribution in [2.24, 2.45) is 0 Å². The van der Waals surface area contributed by atoms with Gasteiger partial charge in [0.1, 0.15) is 23.6 Å². The molecule has 0 radical (unpaired) electrons. The SMILES string of the molecule is CC.CC(C)Oc1ccc2[nH]nc(-c3cc(N4CCN(C)C(C)C4)ncn3)c2c1. The van der Waals surface area contributed by atoms with Crippen LogP contribution in [-0.4, -0.2) is 63.9 Å². The minimum atomic E-state index is 0.127. The normalized spacial score (nSPS) is 17.3. The van der Waals surface area contributed by atoms with Crippen molar-refractivity contribution in [1.29, 1.82) is 0 Å². The first-order valence-electron chi connectivity index (χ1n) is 10.4. The predicted molar refractivity (Wildman–Crippen MR) is 119 cm³/mol. The molecule has 4 rings (SSSR count). The van der Waals surface area contributed by atoms with Gasteiger partial charge in [-0.3, -0.25) is 5.10 Å². The Labute approximate surface area is 173 Å². The molecule has 1 aliphatic rings. The van der Waals surface area contributed by atoms with Crippen molar-refractivity contribution in [3.63, 3.8) is 0 Å². The number of hydrogen-bond donors (Lipinski definition) is 1. The number of H-pyrrole nitrogens is 1. The van der Waals surface area contributed by atoms with Crippen LogP contribution in [0.15, 0.2) is 30.6 Å². The summed E-state index contributed by atoms with van der Waals surface area (Å²) in [4.78, 5) is 13.7. The standard InChI is InChI=1S/C20H26N6O.C2H6/c1-13(2)27-15-5-6-17-16(9-15)20(24-23-17)18-10-19(22-12-21-18)26-8-7-25(4)14(3)11-26;1-2/h5-6,9-10,12-14H,7-8,11H2,1-4H3,(H,23,24);1-2H3.